The predicted octanol–water partition coefficient (Wildman–Crippen LogP) is 4.50. The second kappa shape index (κ2) is 9.56. The van der Waals surface area contributed by atoms with Gasteiger partial charge in [-0.3, -0.25) is 4.79 Å². The fraction of sp³-hybridized carbons (Fsp3) is 0.333. The molecule has 0 spiro atoms. The monoisotopic (exact) mass is 448 g/mol. The van der Waals surface area contributed by atoms with Crippen LogP contribution in [0.15, 0.2) is 60.2 Å². The average Bonchev–Trinajstić information content (AvgIpc) is 3.09. The van der Waals surface area contributed by atoms with E-state index in [1.165, 1.54) is 18.2 Å². The zero-order chi connectivity index (χ0) is 23.4. The van der Waals surface area contributed by atoms with Gasteiger partial charge in [-0.05, 0) is 29.7 Å². The molecule has 0 amide bonds. The average molecular weight is 448 g/mol. The SMILES string of the molecule is CCC(C(=O)OCC1(CO)C/C(=C/c2ccccc2C(F)(F)F)C(=O)O1)c1ccccc1. The normalized spacial score (nSPS) is 20.8. The van der Waals surface area contributed by atoms with Crippen LogP contribution < -0.4 is 0 Å². The zero-order valence-corrected chi connectivity index (χ0v) is 17.4. The lowest BCUT2D eigenvalue weighted by Gasteiger charge is -2.25. The zero-order valence-electron chi connectivity index (χ0n) is 17.4. The number of aliphatic hydroxyl groups is 1. The van der Waals surface area contributed by atoms with E-state index >= 15 is 0 Å². The first kappa shape index (κ1) is 23.5. The standard InChI is InChI=1S/C24H23F3O5/c1-2-19(16-8-4-3-5-9-16)22(30)31-15-23(14-28)13-18(21(29)32-23)12-17-10-6-7-11-20(17)24(25,26)27/h3-12,19,28H,2,13-15H2,1H3/b18-12-. The fourth-order valence-electron chi connectivity index (χ4n) is 3.64. The summed E-state index contributed by atoms with van der Waals surface area (Å²) in [6.07, 6.45) is -3.20. The van der Waals surface area contributed by atoms with Gasteiger partial charge in [0, 0.05) is 12.0 Å². The van der Waals surface area contributed by atoms with Crippen LogP contribution in [0.2, 0.25) is 0 Å². The number of alkyl halides is 3. The molecule has 0 radical (unpaired) electrons. The van der Waals surface area contributed by atoms with Gasteiger partial charge in [0.25, 0.3) is 0 Å². The summed E-state index contributed by atoms with van der Waals surface area (Å²) >= 11 is 0. The van der Waals surface area contributed by atoms with E-state index in [4.69, 9.17) is 9.47 Å². The van der Waals surface area contributed by atoms with E-state index in [1.54, 1.807) is 24.3 Å². The Morgan fingerprint density at radius 2 is 1.84 bits per heavy atom. The highest BCUT2D eigenvalue weighted by Gasteiger charge is 2.45. The molecule has 2 unspecified atom stereocenters. The molecule has 32 heavy (non-hydrogen) atoms. The molecule has 2 aromatic carbocycles. The number of ether oxygens (including phenoxy) is 2. The quantitative estimate of drug-likeness (QED) is 0.499. The first-order valence-corrected chi connectivity index (χ1v) is 10.1. The largest absolute Gasteiger partial charge is 0.461 e. The van der Waals surface area contributed by atoms with Crippen molar-refractivity contribution in [3.05, 3.63) is 76.9 Å². The highest BCUT2D eigenvalue weighted by Crippen LogP contribution is 2.36. The minimum atomic E-state index is -4.59. The van der Waals surface area contributed by atoms with Crippen LogP contribution in [0.25, 0.3) is 6.08 Å². The van der Waals surface area contributed by atoms with E-state index in [9.17, 15) is 27.9 Å². The second-order valence-electron chi connectivity index (χ2n) is 7.64. The van der Waals surface area contributed by atoms with Crippen molar-refractivity contribution in [3.8, 4) is 0 Å². The Labute approximate surface area is 183 Å². The van der Waals surface area contributed by atoms with Crippen molar-refractivity contribution in [3.63, 3.8) is 0 Å². The van der Waals surface area contributed by atoms with Gasteiger partial charge in [-0.1, -0.05) is 55.5 Å². The molecule has 0 aliphatic carbocycles. The molecule has 1 aliphatic heterocycles. The number of cyclic esters (lactones) is 1. The number of halogens is 3. The topological polar surface area (TPSA) is 72.8 Å². The maximum atomic E-state index is 13.3. The maximum Gasteiger partial charge on any atom is 0.416 e. The molecule has 2 aromatic rings. The van der Waals surface area contributed by atoms with Crippen molar-refractivity contribution < 1.29 is 37.3 Å². The van der Waals surface area contributed by atoms with Gasteiger partial charge in [-0.2, -0.15) is 13.2 Å². The summed E-state index contributed by atoms with van der Waals surface area (Å²) in [6, 6.07) is 13.9. The number of hydrogen-bond donors (Lipinski definition) is 1. The van der Waals surface area contributed by atoms with E-state index in [0.717, 1.165) is 17.7 Å². The lowest BCUT2D eigenvalue weighted by Crippen LogP contribution is -2.39. The van der Waals surface area contributed by atoms with Gasteiger partial charge in [-0.25, -0.2) is 4.79 Å². The Morgan fingerprint density at radius 1 is 1.19 bits per heavy atom. The predicted molar refractivity (Wildman–Crippen MR) is 110 cm³/mol. The summed E-state index contributed by atoms with van der Waals surface area (Å²) in [5, 5.41) is 9.85. The van der Waals surface area contributed by atoms with Gasteiger partial charge in [0.1, 0.15) is 6.61 Å². The summed E-state index contributed by atoms with van der Waals surface area (Å²) in [7, 11) is 0. The van der Waals surface area contributed by atoms with Crippen molar-refractivity contribution in [1.29, 1.82) is 0 Å². The highest BCUT2D eigenvalue weighted by molar-refractivity contribution is 5.96. The van der Waals surface area contributed by atoms with E-state index in [2.05, 4.69) is 0 Å². The molecule has 0 bridgehead atoms. The Bertz CT molecular complexity index is 1000. The van der Waals surface area contributed by atoms with E-state index in [1.807, 2.05) is 13.0 Å². The Balaban J connectivity index is 1.77. The van der Waals surface area contributed by atoms with Crippen molar-refractivity contribution in [2.45, 2.75) is 37.5 Å². The number of hydrogen-bond acceptors (Lipinski definition) is 5. The van der Waals surface area contributed by atoms with E-state index in [0.29, 0.717) is 6.42 Å². The van der Waals surface area contributed by atoms with Gasteiger partial charge < -0.3 is 14.6 Å². The summed E-state index contributed by atoms with van der Waals surface area (Å²) < 4.78 is 50.4. The van der Waals surface area contributed by atoms with Gasteiger partial charge in [0.15, 0.2) is 5.60 Å². The minimum absolute atomic E-state index is 0.0399. The minimum Gasteiger partial charge on any atom is -0.461 e. The molecule has 1 N–H and O–H groups in total. The van der Waals surface area contributed by atoms with Crippen LogP contribution in [0, 0.1) is 0 Å². The molecule has 1 fully saturated rings. The maximum absolute atomic E-state index is 13.3. The molecule has 1 saturated heterocycles. The third kappa shape index (κ3) is 5.19. The van der Waals surface area contributed by atoms with Crippen LogP contribution in [0.4, 0.5) is 13.2 Å². The van der Waals surface area contributed by atoms with Crippen LogP contribution in [0.3, 0.4) is 0 Å². The van der Waals surface area contributed by atoms with Gasteiger partial charge in [-0.15, -0.1) is 0 Å². The van der Waals surface area contributed by atoms with Crippen LogP contribution in [-0.2, 0) is 25.2 Å². The summed E-state index contributed by atoms with van der Waals surface area (Å²) in [5.74, 6) is -1.93. The van der Waals surface area contributed by atoms with Crippen molar-refractivity contribution in [2.24, 2.45) is 0 Å². The summed E-state index contributed by atoms with van der Waals surface area (Å²) in [6.45, 7) is 0.775. The molecule has 1 aliphatic rings. The molecule has 0 aromatic heterocycles. The lowest BCUT2D eigenvalue weighted by atomic mass is 9.95. The fourth-order valence-corrected chi connectivity index (χ4v) is 3.64. The molecule has 5 nitrogen and oxygen atoms in total. The second-order valence-corrected chi connectivity index (χ2v) is 7.64. The van der Waals surface area contributed by atoms with Crippen LogP contribution in [-0.4, -0.2) is 35.9 Å². The van der Waals surface area contributed by atoms with Crippen LogP contribution >= 0.6 is 0 Å². The van der Waals surface area contributed by atoms with Crippen LogP contribution in [0.5, 0.6) is 0 Å². The third-order valence-electron chi connectivity index (χ3n) is 5.34. The molecule has 170 valence electrons. The van der Waals surface area contributed by atoms with Crippen molar-refractivity contribution >= 4 is 18.0 Å². The number of esters is 2. The van der Waals surface area contributed by atoms with Crippen LogP contribution in [0.1, 0.15) is 42.4 Å². The molecule has 8 heteroatoms. The van der Waals surface area contributed by atoms with E-state index < -0.39 is 48.4 Å². The molecular weight excluding hydrogens is 425 g/mol. The summed E-state index contributed by atoms with van der Waals surface area (Å²) in [4.78, 5) is 25.0. The molecule has 2 atom stereocenters. The number of aliphatic hydroxyl groups excluding tert-OH is 1. The van der Waals surface area contributed by atoms with Gasteiger partial charge >= 0.3 is 18.1 Å². The Kier molecular flexibility index (Phi) is 7.03. The molecule has 3 rings (SSSR count). The molecule has 1 heterocycles. The summed E-state index contributed by atoms with van der Waals surface area (Å²) in [5.41, 5.74) is -1.89. The van der Waals surface area contributed by atoms with E-state index in [-0.39, 0.29) is 17.6 Å². The lowest BCUT2D eigenvalue weighted by molar-refractivity contribution is -0.167. The number of carbonyl (C=O) groups excluding carboxylic acids is 2. The Hall–Kier alpha value is -3.13. The number of rotatable bonds is 7. The highest BCUT2D eigenvalue weighted by atomic mass is 19.4. The van der Waals surface area contributed by atoms with Crippen molar-refractivity contribution in [1.82, 2.24) is 0 Å². The number of carbonyl (C=O) groups is 2. The smallest absolute Gasteiger partial charge is 0.416 e. The third-order valence-corrected chi connectivity index (χ3v) is 5.34. The first-order chi connectivity index (χ1) is 15.2. The van der Waals surface area contributed by atoms with Gasteiger partial charge in [0.05, 0.1) is 18.1 Å². The van der Waals surface area contributed by atoms with Gasteiger partial charge in [0.2, 0.25) is 0 Å². The first-order valence-electron chi connectivity index (χ1n) is 10.1. The molecule has 0 saturated carbocycles. The van der Waals surface area contributed by atoms with Crippen molar-refractivity contribution in [2.75, 3.05) is 13.2 Å². The molecular formula is C24H23F3O5. The number of benzene rings is 2. The Morgan fingerprint density at radius 3 is 2.47 bits per heavy atom.